The van der Waals surface area contributed by atoms with Crippen LogP contribution in [0.4, 0.5) is 0 Å². The van der Waals surface area contributed by atoms with Crippen LogP contribution in [0, 0.1) is 0 Å². The summed E-state index contributed by atoms with van der Waals surface area (Å²) in [5, 5.41) is 7.06. The van der Waals surface area contributed by atoms with E-state index < -0.39 is 0 Å². The molecule has 1 fully saturated rings. The number of rotatable bonds is 4. The predicted octanol–water partition coefficient (Wildman–Crippen LogP) is 2.78. The van der Waals surface area contributed by atoms with Gasteiger partial charge in [0.25, 0.3) is 5.91 Å². The first-order chi connectivity index (χ1) is 12.7. The fraction of sp³-hybridized carbons (Fsp3) is 0.421. The minimum atomic E-state index is -0.156. The SMILES string of the molecule is CNC(=O)c1ccn([C@H]2CCCN([C@H](C)c3nc4ccccc4o3)C2)n1. The van der Waals surface area contributed by atoms with Crippen molar-refractivity contribution in [2.75, 3.05) is 20.1 Å². The zero-order chi connectivity index (χ0) is 18.1. The van der Waals surface area contributed by atoms with E-state index in [1.54, 1.807) is 13.1 Å². The van der Waals surface area contributed by atoms with Gasteiger partial charge in [-0.05, 0) is 44.5 Å². The number of aromatic nitrogens is 3. The maximum atomic E-state index is 11.7. The van der Waals surface area contributed by atoms with Gasteiger partial charge < -0.3 is 9.73 Å². The number of nitrogens with zero attached hydrogens (tertiary/aromatic N) is 4. The Morgan fingerprint density at radius 2 is 2.19 bits per heavy atom. The number of fused-ring (bicyclic) bond motifs is 1. The number of benzene rings is 1. The summed E-state index contributed by atoms with van der Waals surface area (Å²) in [5.41, 5.74) is 2.17. The molecule has 0 radical (unpaired) electrons. The lowest BCUT2D eigenvalue weighted by Gasteiger charge is -2.35. The maximum absolute atomic E-state index is 11.7. The van der Waals surface area contributed by atoms with Gasteiger partial charge in [-0.15, -0.1) is 0 Å². The summed E-state index contributed by atoms with van der Waals surface area (Å²) in [6, 6.07) is 9.95. The smallest absolute Gasteiger partial charge is 0.271 e. The molecule has 1 saturated heterocycles. The second kappa shape index (κ2) is 6.92. The van der Waals surface area contributed by atoms with Crippen LogP contribution in [0.5, 0.6) is 0 Å². The molecule has 0 spiro atoms. The number of nitrogens with one attached hydrogen (secondary N) is 1. The standard InChI is InChI=1S/C19H23N5O2/c1-13(19-21-15-7-3-4-8-17(15)26-19)23-10-5-6-14(12-23)24-11-9-16(22-24)18(25)20-2/h3-4,7-9,11,13-14H,5-6,10,12H2,1-2H3,(H,20,25)/t13-,14+/m1/s1. The average molecular weight is 353 g/mol. The van der Waals surface area contributed by atoms with E-state index >= 15 is 0 Å². The fourth-order valence-electron chi connectivity index (χ4n) is 3.57. The third kappa shape index (κ3) is 3.10. The largest absolute Gasteiger partial charge is 0.439 e. The molecule has 1 N–H and O–H groups in total. The van der Waals surface area contributed by atoms with Gasteiger partial charge in [-0.2, -0.15) is 5.10 Å². The number of para-hydroxylation sites is 2. The minimum absolute atomic E-state index is 0.0965. The normalized spacial score (nSPS) is 19.5. The van der Waals surface area contributed by atoms with Crippen molar-refractivity contribution >= 4 is 17.0 Å². The van der Waals surface area contributed by atoms with Crippen LogP contribution >= 0.6 is 0 Å². The molecule has 7 nitrogen and oxygen atoms in total. The van der Waals surface area contributed by atoms with Crippen LogP contribution in [-0.2, 0) is 0 Å². The molecule has 0 saturated carbocycles. The van der Waals surface area contributed by atoms with Gasteiger partial charge in [-0.25, -0.2) is 4.98 Å². The lowest BCUT2D eigenvalue weighted by atomic mass is 10.0. The van der Waals surface area contributed by atoms with Crippen molar-refractivity contribution in [3.05, 3.63) is 48.1 Å². The van der Waals surface area contributed by atoms with Crippen LogP contribution in [0.3, 0.4) is 0 Å². The summed E-state index contributed by atoms with van der Waals surface area (Å²) < 4.78 is 7.86. The van der Waals surface area contributed by atoms with Crippen molar-refractivity contribution in [2.45, 2.75) is 31.8 Å². The Balaban J connectivity index is 1.50. The van der Waals surface area contributed by atoms with E-state index in [1.165, 1.54) is 0 Å². The van der Waals surface area contributed by atoms with Crippen LogP contribution in [0.2, 0.25) is 0 Å². The van der Waals surface area contributed by atoms with Crippen LogP contribution in [0.15, 0.2) is 40.9 Å². The Kier molecular flexibility index (Phi) is 4.46. The Hall–Kier alpha value is -2.67. The van der Waals surface area contributed by atoms with E-state index in [0.29, 0.717) is 5.69 Å². The summed E-state index contributed by atoms with van der Waals surface area (Å²) in [6.45, 7) is 3.99. The molecule has 2 aromatic heterocycles. The van der Waals surface area contributed by atoms with Gasteiger partial charge in [0.2, 0.25) is 5.89 Å². The summed E-state index contributed by atoms with van der Waals surface area (Å²) in [6.07, 6.45) is 4.01. The second-order valence-electron chi connectivity index (χ2n) is 6.75. The van der Waals surface area contributed by atoms with Crippen molar-refractivity contribution in [1.29, 1.82) is 0 Å². The zero-order valence-corrected chi connectivity index (χ0v) is 15.1. The maximum Gasteiger partial charge on any atom is 0.271 e. The van der Waals surface area contributed by atoms with Crippen molar-refractivity contribution in [3.8, 4) is 0 Å². The Morgan fingerprint density at radius 1 is 1.35 bits per heavy atom. The van der Waals surface area contributed by atoms with Crippen molar-refractivity contribution < 1.29 is 9.21 Å². The summed E-state index contributed by atoms with van der Waals surface area (Å²) in [5.74, 6) is 0.592. The Morgan fingerprint density at radius 3 is 3.00 bits per heavy atom. The summed E-state index contributed by atoms with van der Waals surface area (Å²) in [4.78, 5) is 18.7. The topological polar surface area (TPSA) is 76.2 Å². The number of hydrogen-bond donors (Lipinski definition) is 1. The molecule has 136 valence electrons. The molecule has 26 heavy (non-hydrogen) atoms. The first-order valence-corrected chi connectivity index (χ1v) is 9.02. The minimum Gasteiger partial charge on any atom is -0.439 e. The second-order valence-corrected chi connectivity index (χ2v) is 6.75. The number of carbonyl (C=O) groups excluding carboxylic acids is 1. The summed E-state index contributed by atoms with van der Waals surface area (Å²) in [7, 11) is 1.62. The first-order valence-electron chi connectivity index (χ1n) is 9.02. The van der Waals surface area contributed by atoms with Crippen LogP contribution in [0.25, 0.3) is 11.1 Å². The molecule has 1 aliphatic rings. The van der Waals surface area contributed by atoms with Gasteiger partial charge >= 0.3 is 0 Å². The quantitative estimate of drug-likeness (QED) is 0.780. The van der Waals surface area contributed by atoms with Gasteiger partial charge in [-0.1, -0.05) is 12.1 Å². The molecule has 4 rings (SSSR count). The van der Waals surface area contributed by atoms with Crippen LogP contribution in [-0.4, -0.2) is 45.7 Å². The first kappa shape index (κ1) is 16.8. The lowest BCUT2D eigenvalue weighted by Crippen LogP contribution is -2.38. The molecule has 1 amide bonds. The van der Waals surface area contributed by atoms with Crippen molar-refractivity contribution in [3.63, 3.8) is 0 Å². The Bertz CT molecular complexity index is 882. The molecule has 3 heterocycles. The highest BCUT2D eigenvalue weighted by Gasteiger charge is 2.28. The molecule has 0 unspecified atom stereocenters. The number of piperidine rings is 1. The number of carbonyl (C=O) groups is 1. The van der Waals surface area contributed by atoms with E-state index in [1.807, 2.05) is 35.1 Å². The number of hydrogen-bond acceptors (Lipinski definition) is 5. The highest BCUT2D eigenvalue weighted by Crippen LogP contribution is 2.30. The number of oxazole rings is 1. The van der Waals surface area contributed by atoms with E-state index in [2.05, 4.69) is 27.2 Å². The molecule has 0 aliphatic carbocycles. The lowest BCUT2D eigenvalue weighted by molar-refractivity contribution is 0.0952. The van der Waals surface area contributed by atoms with Crippen molar-refractivity contribution in [1.82, 2.24) is 25.0 Å². The van der Waals surface area contributed by atoms with Crippen LogP contribution < -0.4 is 5.32 Å². The molecular weight excluding hydrogens is 330 g/mol. The van der Waals surface area contributed by atoms with E-state index in [0.717, 1.165) is 42.9 Å². The molecule has 3 aromatic rings. The highest BCUT2D eigenvalue weighted by atomic mass is 16.3. The van der Waals surface area contributed by atoms with E-state index in [9.17, 15) is 4.79 Å². The molecular formula is C19H23N5O2. The molecule has 1 aromatic carbocycles. The van der Waals surface area contributed by atoms with Gasteiger partial charge in [0, 0.05) is 19.8 Å². The Labute approximate surface area is 152 Å². The monoisotopic (exact) mass is 353 g/mol. The molecule has 7 heteroatoms. The zero-order valence-electron chi connectivity index (χ0n) is 15.1. The van der Waals surface area contributed by atoms with Crippen molar-refractivity contribution in [2.24, 2.45) is 0 Å². The third-order valence-corrected chi connectivity index (χ3v) is 5.09. The third-order valence-electron chi connectivity index (χ3n) is 5.09. The van der Waals surface area contributed by atoms with Gasteiger partial charge in [0.15, 0.2) is 5.58 Å². The summed E-state index contributed by atoms with van der Waals surface area (Å²) >= 11 is 0. The van der Waals surface area contributed by atoms with E-state index in [4.69, 9.17) is 4.42 Å². The van der Waals surface area contributed by atoms with Crippen LogP contribution in [0.1, 0.15) is 48.2 Å². The molecule has 0 bridgehead atoms. The molecule has 1 aliphatic heterocycles. The van der Waals surface area contributed by atoms with E-state index in [-0.39, 0.29) is 18.0 Å². The molecule has 2 atom stereocenters. The predicted molar refractivity (Wildman–Crippen MR) is 97.9 cm³/mol. The fourth-order valence-corrected chi connectivity index (χ4v) is 3.57. The number of likely N-dealkylation sites (tertiary alicyclic amines) is 1. The number of amides is 1. The van der Waals surface area contributed by atoms with Gasteiger partial charge in [-0.3, -0.25) is 14.4 Å². The average Bonchev–Trinajstić information content (AvgIpc) is 3.34. The van der Waals surface area contributed by atoms with Gasteiger partial charge in [0.1, 0.15) is 11.2 Å². The van der Waals surface area contributed by atoms with Gasteiger partial charge in [0.05, 0.1) is 12.1 Å². The highest BCUT2D eigenvalue weighted by molar-refractivity contribution is 5.91.